The van der Waals surface area contributed by atoms with Crippen LogP contribution in [0.5, 0.6) is 5.75 Å². The van der Waals surface area contributed by atoms with Gasteiger partial charge in [-0.1, -0.05) is 24.3 Å². The molecule has 1 atom stereocenters. The van der Waals surface area contributed by atoms with Gasteiger partial charge >= 0.3 is 0 Å². The van der Waals surface area contributed by atoms with Crippen LogP contribution in [0.1, 0.15) is 21.3 Å². The van der Waals surface area contributed by atoms with Gasteiger partial charge in [-0.25, -0.2) is 4.39 Å². The Morgan fingerprint density at radius 1 is 1.23 bits per heavy atom. The van der Waals surface area contributed by atoms with Crippen molar-refractivity contribution in [1.29, 1.82) is 0 Å². The lowest BCUT2D eigenvalue weighted by atomic mass is 10.1. The molecule has 0 bridgehead atoms. The first-order valence-corrected chi connectivity index (χ1v) is 8.06. The summed E-state index contributed by atoms with van der Waals surface area (Å²) < 4.78 is 18.4. The summed E-state index contributed by atoms with van der Waals surface area (Å²) in [4.78, 5) is 14.7. The summed E-state index contributed by atoms with van der Waals surface area (Å²) in [6, 6.07) is 13.6. The standard InChI is InChI=1S/C17H16FNO2S/c1-21-15-5-3-2-4-14(15)16(20)19-10-11-22-17(19)12-6-8-13(18)9-7-12/h2-9,17H,10-11H2,1H3/t17-/m0/s1. The fourth-order valence-electron chi connectivity index (χ4n) is 2.56. The van der Waals surface area contributed by atoms with E-state index in [1.165, 1.54) is 12.1 Å². The van der Waals surface area contributed by atoms with Crippen LogP contribution in [0.15, 0.2) is 48.5 Å². The number of carbonyl (C=O) groups excluding carboxylic acids is 1. The zero-order chi connectivity index (χ0) is 15.5. The topological polar surface area (TPSA) is 29.5 Å². The van der Waals surface area contributed by atoms with Crippen LogP contribution < -0.4 is 4.74 Å². The molecule has 0 N–H and O–H groups in total. The van der Waals surface area contributed by atoms with Crippen LogP contribution in [0.3, 0.4) is 0 Å². The van der Waals surface area contributed by atoms with Crippen molar-refractivity contribution in [3.63, 3.8) is 0 Å². The first kappa shape index (κ1) is 14.9. The predicted molar refractivity (Wildman–Crippen MR) is 85.6 cm³/mol. The van der Waals surface area contributed by atoms with E-state index < -0.39 is 0 Å². The van der Waals surface area contributed by atoms with Crippen LogP contribution in [0.25, 0.3) is 0 Å². The van der Waals surface area contributed by atoms with Gasteiger partial charge in [0.25, 0.3) is 5.91 Å². The Morgan fingerprint density at radius 2 is 1.95 bits per heavy atom. The van der Waals surface area contributed by atoms with Crippen molar-refractivity contribution in [2.45, 2.75) is 5.37 Å². The smallest absolute Gasteiger partial charge is 0.258 e. The average Bonchev–Trinajstić information content (AvgIpc) is 3.04. The minimum atomic E-state index is -0.269. The van der Waals surface area contributed by atoms with E-state index in [1.54, 1.807) is 43.1 Å². The van der Waals surface area contributed by atoms with E-state index in [0.29, 0.717) is 17.9 Å². The summed E-state index contributed by atoms with van der Waals surface area (Å²) in [5.41, 5.74) is 1.49. The monoisotopic (exact) mass is 317 g/mol. The van der Waals surface area contributed by atoms with Crippen LogP contribution in [0, 0.1) is 5.82 Å². The lowest BCUT2D eigenvalue weighted by Gasteiger charge is -2.25. The fourth-order valence-corrected chi connectivity index (χ4v) is 3.81. The third-order valence-electron chi connectivity index (χ3n) is 3.64. The molecule has 1 aliphatic rings. The van der Waals surface area contributed by atoms with Crippen molar-refractivity contribution in [1.82, 2.24) is 4.90 Å². The molecule has 0 spiro atoms. The van der Waals surface area contributed by atoms with Crippen molar-refractivity contribution >= 4 is 17.7 Å². The van der Waals surface area contributed by atoms with E-state index in [1.807, 2.05) is 17.0 Å². The van der Waals surface area contributed by atoms with Gasteiger partial charge in [-0.2, -0.15) is 0 Å². The number of rotatable bonds is 3. The van der Waals surface area contributed by atoms with Crippen LogP contribution in [0.2, 0.25) is 0 Å². The molecule has 0 aliphatic carbocycles. The molecule has 22 heavy (non-hydrogen) atoms. The average molecular weight is 317 g/mol. The second kappa shape index (κ2) is 6.40. The molecule has 1 aliphatic heterocycles. The van der Waals surface area contributed by atoms with E-state index in [0.717, 1.165) is 11.3 Å². The lowest BCUT2D eigenvalue weighted by molar-refractivity contribution is 0.0757. The molecule has 1 saturated heterocycles. The SMILES string of the molecule is COc1ccccc1C(=O)N1CCS[C@H]1c1ccc(F)cc1. The first-order chi connectivity index (χ1) is 10.7. The highest BCUT2D eigenvalue weighted by Crippen LogP contribution is 2.39. The maximum absolute atomic E-state index is 13.1. The molecule has 3 nitrogen and oxygen atoms in total. The molecule has 0 unspecified atom stereocenters. The van der Waals surface area contributed by atoms with Crippen LogP contribution in [-0.4, -0.2) is 30.2 Å². The molecular weight excluding hydrogens is 301 g/mol. The summed E-state index contributed by atoms with van der Waals surface area (Å²) >= 11 is 1.69. The highest BCUT2D eigenvalue weighted by Gasteiger charge is 2.32. The summed E-state index contributed by atoms with van der Waals surface area (Å²) in [6.45, 7) is 0.670. The largest absolute Gasteiger partial charge is 0.496 e. The summed E-state index contributed by atoms with van der Waals surface area (Å²) in [5.74, 6) is 1.11. The first-order valence-electron chi connectivity index (χ1n) is 7.02. The number of thioether (sulfide) groups is 1. The van der Waals surface area contributed by atoms with Gasteiger partial charge in [0.1, 0.15) is 16.9 Å². The lowest BCUT2D eigenvalue weighted by Crippen LogP contribution is -2.30. The number of nitrogens with zero attached hydrogens (tertiary/aromatic N) is 1. The van der Waals surface area contributed by atoms with Gasteiger partial charge < -0.3 is 9.64 Å². The molecule has 0 radical (unpaired) electrons. The molecule has 0 saturated carbocycles. The minimum absolute atomic E-state index is 0.0585. The Morgan fingerprint density at radius 3 is 2.68 bits per heavy atom. The van der Waals surface area contributed by atoms with Gasteiger partial charge in [0.2, 0.25) is 0 Å². The maximum Gasteiger partial charge on any atom is 0.258 e. The summed E-state index contributed by atoms with van der Waals surface area (Å²) in [7, 11) is 1.56. The number of hydrogen-bond acceptors (Lipinski definition) is 3. The quantitative estimate of drug-likeness (QED) is 0.864. The van der Waals surface area contributed by atoms with Crippen molar-refractivity contribution in [2.75, 3.05) is 19.4 Å². The Labute approximate surface area is 133 Å². The van der Waals surface area contributed by atoms with Gasteiger partial charge in [-0.3, -0.25) is 4.79 Å². The molecular formula is C17H16FNO2S. The normalized spacial score (nSPS) is 17.5. The van der Waals surface area contributed by atoms with Crippen LogP contribution in [-0.2, 0) is 0 Å². The zero-order valence-electron chi connectivity index (χ0n) is 12.2. The van der Waals surface area contributed by atoms with E-state index in [2.05, 4.69) is 0 Å². The van der Waals surface area contributed by atoms with Crippen molar-refractivity contribution < 1.29 is 13.9 Å². The number of benzene rings is 2. The molecule has 1 heterocycles. The summed E-state index contributed by atoms with van der Waals surface area (Å²) in [5, 5.41) is -0.0852. The van der Waals surface area contributed by atoms with Gasteiger partial charge in [-0.05, 0) is 29.8 Å². The van der Waals surface area contributed by atoms with Gasteiger partial charge in [-0.15, -0.1) is 11.8 Å². The van der Waals surface area contributed by atoms with Crippen LogP contribution >= 0.6 is 11.8 Å². The number of methoxy groups -OCH3 is 1. The zero-order valence-corrected chi connectivity index (χ0v) is 13.0. The second-order valence-electron chi connectivity index (χ2n) is 4.97. The maximum atomic E-state index is 13.1. The third kappa shape index (κ3) is 2.81. The predicted octanol–water partition coefficient (Wildman–Crippen LogP) is 3.72. The Bertz CT molecular complexity index is 675. The Kier molecular flexibility index (Phi) is 4.34. The third-order valence-corrected chi connectivity index (χ3v) is 4.91. The Hall–Kier alpha value is -2.01. The van der Waals surface area contributed by atoms with E-state index in [-0.39, 0.29) is 17.1 Å². The highest BCUT2D eigenvalue weighted by molar-refractivity contribution is 7.99. The van der Waals surface area contributed by atoms with Crippen molar-refractivity contribution in [2.24, 2.45) is 0 Å². The molecule has 2 aromatic carbocycles. The fraction of sp³-hybridized carbons (Fsp3) is 0.235. The number of halogens is 1. The molecule has 0 aromatic heterocycles. The molecule has 2 aromatic rings. The number of para-hydroxylation sites is 1. The molecule has 114 valence electrons. The minimum Gasteiger partial charge on any atom is -0.496 e. The molecule has 1 amide bonds. The molecule has 1 fully saturated rings. The highest BCUT2D eigenvalue weighted by atomic mass is 32.2. The number of carbonyl (C=O) groups is 1. The van der Waals surface area contributed by atoms with E-state index in [4.69, 9.17) is 4.74 Å². The molecule has 3 rings (SSSR count). The number of hydrogen-bond donors (Lipinski definition) is 0. The number of amides is 1. The van der Waals surface area contributed by atoms with Gasteiger partial charge in [0, 0.05) is 12.3 Å². The second-order valence-corrected chi connectivity index (χ2v) is 6.16. The van der Waals surface area contributed by atoms with Crippen molar-refractivity contribution in [3.05, 3.63) is 65.5 Å². The number of ether oxygens (including phenoxy) is 1. The van der Waals surface area contributed by atoms with Crippen molar-refractivity contribution in [3.8, 4) is 5.75 Å². The van der Waals surface area contributed by atoms with E-state index >= 15 is 0 Å². The Balaban J connectivity index is 1.89. The summed E-state index contributed by atoms with van der Waals surface area (Å²) in [6.07, 6.45) is 0. The van der Waals surface area contributed by atoms with Gasteiger partial charge in [0.15, 0.2) is 0 Å². The molecule has 5 heteroatoms. The van der Waals surface area contributed by atoms with Crippen LogP contribution in [0.4, 0.5) is 4.39 Å². The van der Waals surface area contributed by atoms with E-state index in [9.17, 15) is 9.18 Å². The van der Waals surface area contributed by atoms with Gasteiger partial charge in [0.05, 0.1) is 12.7 Å².